The zero-order chi connectivity index (χ0) is 25.8. The molecule has 1 aliphatic carbocycles. The van der Waals surface area contributed by atoms with Gasteiger partial charge in [-0.15, -0.1) is 0 Å². The molecule has 1 fully saturated rings. The third-order valence-electron chi connectivity index (χ3n) is 7.07. The minimum absolute atomic E-state index is 0.0357. The number of benzene rings is 2. The molecule has 1 heterocycles. The maximum absolute atomic E-state index is 14.0. The molecule has 1 amide bonds. The monoisotopic (exact) mass is 555 g/mol. The topological polar surface area (TPSA) is 73.7 Å². The van der Waals surface area contributed by atoms with Crippen molar-refractivity contribution in [2.75, 3.05) is 20.8 Å². The number of hydrogen-bond acceptors (Lipinski definition) is 5. The number of para-hydroxylation sites is 1. The molecule has 0 saturated heterocycles. The van der Waals surface area contributed by atoms with Crippen molar-refractivity contribution in [3.05, 3.63) is 57.0 Å². The van der Waals surface area contributed by atoms with E-state index >= 15 is 0 Å². The lowest BCUT2D eigenvalue weighted by Crippen LogP contribution is -2.40. The number of amides is 1. The van der Waals surface area contributed by atoms with Gasteiger partial charge in [0.25, 0.3) is 5.56 Å². The Bertz CT molecular complexity index is 1300. The lowest BCUT2D eigenvalue weighted by Gasteiger charge is -2.32. The molecule has 3 aromatic rings. The fourth-order valence-corrected chi connectivity index (χ4v) is 5.59. The van der Waals surface area contributed by atoms with Gasteiger partial charge in [0.2, 0.25) is 5.91 Å². The zero-order valence-corrected chi connectivity index (χ0v) is 23.0. The van der Waals surface area contributed by atoms with Gasteiger partial charge in [0, 0.05) is 24.6 Å². The standard InChI is InChI=1S/C28H34BrN3O4/c1-5-6-15-31(27(33)19-11-7-8-12-19)18(2)26-30-22-14-10-9-13-21(22)28(34)32(26)23-16-20(35-3)17-24(36-4)25(23)29/h9-10,13-14,16-19H,5-8,11-12,15H2,1-4H3. The average Bonchev–Trinajstić information content (AvgIpc) is 3.44. The lowest BCUT2D eigenvalue weighted by atomic mass is 10.0. The second-order valence-corrected chi connectivity index (χ2v) is 10.1. The van der Waals surface area contributed by atoms with Crippen LogP contribution in [0.25, 0.3) is 16.6 Å². The molecule has 2 aromatic carbocycles. The SMILES string of the molecule is CCCCN(C(=O)C1CCCC1)C(C)c1nc2ccccc2c(=O)n1-c1cc(OC)cc(OC)c1Br. The Labute approximate surface area is 220 Å². The van der Waals surface area contributed by atoms with Crippen molar-refractivity contribution < 1.29 is 14.3 Å². The average molecular weight is 557 g/mol. The van der Waals surface area contributed by atoms with Crippen LogP contribution in [0.3, 0.4) is 0 Å². The van der Waals surface area contributed by atoms with Crippen LogP contribution in [-0.2, 0) is 4.79 Å². The molecule has 4 rings (SSSR count). The minimum atomic E-state index is -0.411. The molecule has 0 N–H and O–H groups in total. The van der Waals surface area contributed by atoms with Crippen molar-refractivity contribution in [2.24, 2.45) is 5.92 Å². The number of methoxy groups -OCH3 is 2. The first-order chi connectivity index (χ1) is 17.4. The van der Waals surface area contributed by atoms with Crippen LogP contribution in [0, 0.1) is 5.92 Å². The molecule has 1 unspecified atom stereocenters. The molecule has 1 aromatic heterocycles. The Morgan fingerprint density at radius 3 is 2.58 bits per heavy atom. The van der Waals surface area contributed by atoms with Gasteiger partial charge in [-0.25, -0.2) is 4.98 Å². The Morgan fingerprint density at radius 2 is 1.92 bits per heavy atom. The number of unbranched alkanes of at least 4 members (excludes halogenated alkanes) is 1. The minimum Gasteiger partial charge on any atom is -0.497 e. The lowest BCUT2D eigenvalue weighted by molar-refractivity contribution is -0.137. The van der Waals surface area contributed by atoms with Crippen molar-refractivity contribution >= 4 is 32.7 Å². The van der Waals surface area contributed by atoms with E-state index in [0.29, 0.717) is 44.9 Å². The quantitative estimate of drug-likeness (QED) is 0.321. The molecule has 1 saturated carbocycles. The first-order valence-electron chi connectivity index (χ1n) is 12.6. The highest BCUT2D eigenvalue weighted by Gasteiger charge is 2.33. The van der Waals surface area contributed by atoms with Crippen LogP contribution in [0.15, 0.2) is 45.7 Å². The fourth-order valence-electron chi connectivity index (χ4n) is 5.02. The zero-order valence-electron chi connectivity index (χ0n) is 21.4. The highest BCUT2D eigenvalue weighted by Crippen LogP contribution is 2.37. The summed E-state index contributed by atoms with van der Waals surface area (Å²) in [6.45, 7) is 4.71. The van der Waals surface area contributed by atoms with Gasteiger partial charge in [0.15, 0.2) is 0 Å². The van der Waals surface area contributed by atoms with E-state index in [0.717, 1.165) is 38.5 Å². The van der Waals surface area contributed by atoms with E-state index in [1.165, 1.54) is 0 Å². The summed E-state index contributed by atoms with van der Waals surface area (Å²) in [5, 5.41) is 0.504. The summed E-state index contributed by atoms with van der Waals surface area (Å²) in [4.78, 5) is 34.6. The molecular weight excluding hydrogens is 522 g/mol. The summed E-state index contributed by atoms with van der Waals surface area (Å²) in [5.74, 6) is 1.79. The van der Waals surface area contributed by atoms with Crippen LogP contribution < -0.4 is 15.0 Å². The Hall–Kier alpha value is -2.87. The van der Waals surface area contributed by atoms with E-state index in [2.05, 4.69) is 22.9 Å². The van der Waals surface area contributed by atoms with E-state index < -0.39 is 6.04 Å². The molecule has 0 radical (unpaired) electrons. The molecule has 0 aliphatic heterocycles. The molecule has 0 bridgehead atoms. The number of aromatic nitrogens is 2. The Balaban J connectivity index is 1.95. The van der Waals surface area contributed by atoms with Crippen molar-refractivity contribution in [1.29, 1.82) is 0 Å². The summed E-state index contributed by atoms with van der Waals surface area (Å²) in [7, 11) is 3.14. The number of hydrogen-bond donors (Lipinski definition) is 0. The van der Waals surface area contributed by atoms with E-state index in [1.54, 1.807) is 37.0 Å². The van der Waals surface area contributed by atoms with Gasteiger partial charge >= 0.3 is 0 Å². The summed E-state index contributed by atoms with van der Waals surface area (Å²) < 4.78 is 13.3. The number of carbonyl (C=O) groups excluding carboxylic acids is 1. The summed E-state index contributed by atoms with van der Waals surface area (Å²) >= 11 is 3.64. The summed E-state index contributed by atoms with van der Waals surface area (Å²) in [5.41, 5.74) is 0.956. The third-order valence-corrected chi connectivity index (χ3v) is 7.87. The predicted molar refractivity (Wildman–Crippen MR) is 145 cm³/mol. The van der Waals surface area contributed by atoms with Gasteiger partial charge in [0.05, 0.1) is 41.3 Å². The van der Waals surface area contributed by atoms with Crippen molar-refractivity contribution in [2.45, 2.75) is 58.4 Å². The second kappa shape index (κ2) is 11.5. The highest BCUT2D eigenvalue weighted by molar-refractivity contribution is 9.10. The van der Waals surface area contributed by atoms with Crippen LogP contribution in [0.1, 0.15) is 64.2 Å². The van der Waals surface area contributed by atoms with Crippen LogP contribution in [0.4, 0.5) is 0 Å². The van der Waals surface area contributed by atoms with Gasteiger partial charge in [-0.3, -0.25) is 14.2 Å². The van der Waals surface area contributed by atoms with Gasteiger partial charge in [-0.1, -0.05) is 38.3 Å². The van der Waals surface area contributed by atoms with Crippen molar-refractivity contribution in [1.82, 2.24) is 14.5 Å². The maximum Gasteiger partial charge on any atom is 0.266 e. The molecule has 7 nitrogen and oxygen atoms in total. The number of fused-ring (bicyclic) bond motifs is 1. The maximum atomic E-state index is 14.0. The molecule has 1 aliphatic rings. The van der Waals surface area contributed by atoms with Gasteiger partial charge in [-0.05, 0) is 54.2 Å². The summed E-state index contributed by atoms with van der Waals surface area (Å²) in [6.07, 6.45) is 5.87. The highest BCUT2D eigenvalue weighted by atomic mass is 79.9. The van der Waals surface area contributed by atoms with Gasteiger partial charge in [0.1, 0.15) is 17.3 Å². The van der Waals surface area contributed by atoms with Crippen molar-refractivity contribution in [3.63, 3.8) is 0 Å². The van der Waals surface area contributed by atoms with Crippen molar-refractivity contribution in [3.8, 4) is 17.2 Å². The second-order valence-electron chi connectivity index (χ2n) is 9.33. The normalized spacial score (nSPS) is 14.7. The van der Waals surface area contributed by atoms with Gasteiger partial charge in [-0.2, -0.15) is 0 Å². The smallest absolute Gasteiger partial charge is 0.266 e. The van der Waals surface area contributed by atoms with Crippen LogP contribution in [0.5, 0.6) is 11.5 Å². The van der Waals surface area contributed by atoms with Crippen LogP contribution in [-0.4, -0.2) is 41.1 Å². The number of rotatable bonds is 9. The molecule has 192 valence electrons. The van der Waals surface area contributed by atoms with E-state index in [-0.39, 0.29) is 17.4 Å². The molecule has 1 atom stereocenters. The van der Waals surface area contributed by atoms with E-state index in [1.807, 2.05) is 30.0 Å². The molecular formula is C28H34BrN3O4. The Kier molecular flexibility index (Phi) is 8.34. The Morgan fingerprint density at radius 1 is 1.19 bits per heavy atom. The predicted octanol–water partition coefficient (Wildman–Crippen LogP) is 6.05. The van der Waals surface area contributed by atoms with Crippen LogP contribution >= 0.6 is 15.9 Å². The summed E-state index contributed by atoms with van der Waals surface area (Å²) in [6, 6.07) is 10.5. The van der Waals surface area contributed by atoms with E-state index in [4.69, 9.17) is 14.5 Å². The molecule has 0 spiro atoms. The number of carbonyl (C=O) groups is 1. The number of ether oxygens (including phenoxy) is 2. The van der Waals surface area contributed by atoms with Crippen LogP contribution in [0.2, 0.25) is 0 Å². The largest absolute Gasteiger partial charge is 0.497 e. The first kappa shape index (κ1) is 26.2. The number of halogens is 1. The molecule has 8 heteroatoms. The van der Waals surface area contributed by atoms with Gasteiger partial charge < -0.3 is 14.4 Å². The van der Waals surface area contributed by atoms with E-state index in [9.17, 15) is 9.59 Å². The molecule has 36 heavy (non-hydrogen) atoms. The number of nitrogens with zero attached hydrogens (tertiary/aromatic N) is 3. The first-order valence-corrected chi connectivity index (χ1v) is 13.4. The fraction of sp³-hybridized carbons (Fsp3) is 0.464. The third kappa shape index (κ3) is 5.01.